The van der Waals surface area contributed by atoms with Crippen LogP contribution in [0.15, 0.2) is 17.2 Å². The van der Waals surface area contributed by atoms with Gasteiger partial charge in [0.05, 0.1) is 23.2 Å². The van der Waals surface area contributed by atoms with Gasteiger partial charge >= 0.3 is 0 Å². The second kappa shape index (κ2) is 6.07. The summed E-state index contributed by atoms with van der Waals surface area (Å²) in [5, 5.41) is 0. The molecule has 6 heteroatoms. The first-order chi connectivity index (χ1) is 9.79. The summed E-state index contributed by atoms with van der Waals surface area (Å²) < 4.78 is 0. The maximum atomic E-state index is 2.41. The van der Waals surface area contributed by atoms with E-state index in [4.69, 9.17) is 0 Å². The number of hydrogen-bond donors (Lipinski definition) is 0. The lowest BCUT2D eigenvalue weighted by Gasteiger charge is -2.25. The molecular weight excluding hydrogens is 245 g/mol. The van der Waals surface area contributed by atoms with Gasteiger partial charge in [0, 0.05) is 0 Å². The van der Waals surface area contributed by atoms with E-state index in [2.05, 4.69) is 64.8 Å². The van der Waals surface area contributed by atoms with Crippen molar-refractivity contribution >= 4 is 66.7 Å². The Morgan fingerprint density at radius 1 is 1.10 bits per heavy atom. The highest BCUT2D eigenvalue weighted by Gasteiger charge is 2.23. The van der Waals surface area contributed by atoms with Gasteiger partial charge in [0.2, 0.25) is 0 Å². The SMILES string of the molecule is BBc1c(B)c(C)c(C2=CC(C)=C(C)C2)c(B(B)B)c1C. The zero-order chi connectivity index (χ0) is 15.9. The van der Waals surface area contributed by atoms with Crippen LogP contribution < -0.4 is 16.4 Å². The first-order valence-electron chi connectivity index (χ1n) is 8.29. The predicted molar refractivity (Wildman–Crippen MR) is 113 cm³/mol. The average Bonchev–Trinajstić information content (AvgIpc) is 2.73. The van der Waals surface area contributed by atoms with Crippen LogP contribution in [0.5, 0.6) is 0 Å². The van der Waals surface area contributed by atoms with Gasteiger partial charge in [-0.1, -0.05) is 44.7 Å². The lowest BCUT2D eigenvalue weighted by Crippen LogP contribution is -2.48. The van der Waals surface area contributed by atoms with E-state index < -0.39 is 0 Å². The van der Waals surface area contributed by atoms with E-state index in [1.54, 1.807) is 10.9 Å². The van der Waals surface area contributed by atoms with Crippen molar-refractivity contribution in [2.24, 2.45) is 0 Å². The Kier molecular flexibility index (Phi) is 4.75. The van der Waals surface area contributed by atoms with E-state index in [9.17, 15) is 0 Å². The zero-order valence-corrected chi connectivity index (χ0v) is 15.1. The van der Waals surface area contributed by atoms with Crippen LogP contribution in [0.2, 0.25) is 0 Å². The van der Waals surface area contributed by atoms with Gasteiger partial charge in [0.1, 0.15) is 21.5 Å². The molecule has 1 aliphatic carbocycles. The lowest BCUT2D eigenvalue weighted by atomic mass is 9.15. The van der Waals surface area contributed by atoms with E-state index in [1.807, 2.05) is 0 Å². The molecule has 1 aromatic rings. The maximum Gasteiger partial charge on any atom is 0.138 e. The van der Waals surface area contributed by atoms with Crippen LogP contribution in [0.25, 0.3) is 5.57 Å². The Hall–Kier alpha value is -0.910. The highest BCUT2D eigenvalue weighted by atomic mass is 14.2. The zero-order valence-electron chi connectivity index (χ0n) is 15.1. The number of benzene rings is 1. The predicted octanol–water partition coefficient (Wildman–Crippen LogP) is -2.74. The third kappa shape index (κ3) is 2.74. The molecule has 0 unspecified atom stereocenters. The summed E-state index contributed by atoms with van der Waals surface area (Å²) in [7, 11) is 10.4. The molecule has 1 aliphatic rings. The van der Waals surface area contributed by atoms with E-state index in [1.165, 1.54) is 38.9 Å². The second-order valence-corrected chi connectivity index (χ2v) is 6.96. The molecule has 0 aromatic heterocycles. The van der Waals surface area contributed by atoms with E-state index in [0.717, 1.165) is 13.6 Å². The van der Waals surface area contributed by atoms with Gasteiger partial charge in [-0.2, -0.15) is 0 Å². The van der Waals surface area contributed by atoms with Crippen LogP contribution in [0.4, 0.5) is 0 Å². The van der Waals surface area contributed by atoms with Crippen molar-refractivity contribution in [3.63, 3.8) is 0 Å². The Morgan fingerprint density at radius 2 is 1.71 bits per heavy atom. The van der Waals surface area contributed by atoms with Crippen molar-refractivity contribution in [1.82, 2.24) is 0 Å². The molecule has 0 atom stereocenters. The molecule has 0 saturated carbocycles. The molecule has 0 aliphatic heterocycles. The highest BCUT2D eigenvalue weighted by molar-refractivity contribution is 7.35. The van der Waals surface area contributed by atoms with Gasteiger partial charge in [-0.3, -0.25) is 0 Å². The summed E-state index contributed by atoms with van der Waals surface area (Å²) in [5.74, 6) is 0. The summed E-state index contributed by atoms with van der Waals surface area (Å²) in [4.78, 5) is 0. The fourth-order valence-corrected chi connectivity index (χ4v) is 3.93. The van der Waals surface area contributed by atoms with Crippen LogP contribution in [-0.4, -0.2) is 44.7 Å². The Bertz CT molecular complexity index is 655. The molecule has 0 N–H and O–H groups in total. The summed E-state index contributed by atoms with van der Waals surface area (Å²) in [5.41, 5.74) is 13.7. The monoisotopic (exact) mass is 270 g/mol. The van der Waals surface area contributed by atoms with Crippen LogP contribution in [0.3, 0.4) is 0 Å². The van der Waals surface area contributed by atoms with Crippen LogP contribution in [-0.2, 0) is 0 Å². The molecule has 1 aromatic carbocycles. The topological polar surface area (TPSA) is 0 Å². The van der Waals surface area contributed by atoms with E-state index >= 15 is 0 Å². The third-order valence-electron chi connectivity index (χ3n) is 5.29. The minimum Gasteiger partial charge on any atom is -0.0970 e. The molecule has 0 amide bonds. The molecule has 0 spiro atoms. The standard InChI is InChI=1S/C15H24B6/c1-7-5-11(6-8(7)2)12-9(3)13(16)14(20-17)10(4)15(12)21(18)19/h5,20H,6,16-19H2,1-4H3. The smallest absolute Gasteiger partial charge is 0.0970 e. The van der Waals surface area contributed by atoms with E-state index in [0.29, 0.717) is 6.49 Å². The molecule has 2 rings (SSSR count). The van der Waals surface area contributed by atoms with Crippen LogP contribution >= 0.6 is 0 Å². The quantitative estimate of drug-likeness (QED) is 0.522. The van der Waals surface area contributed by atoms with Crippen molar-refractivity contribution in [2.45, 2.75) is 34.1 Å². The summed E-state index contributed by atoms with van der Waals surface area (Å²) in [6.07, 6.45) is 3.53. The van der Waals surface area contributed by atoms with Crippen molar-refractivity contribution < 1.29 is 0 Å². The third-order valence-corrected chi connectivity index (χ3v) is 5.29. The highest BCUT2D eigenvalue weighted by Crippen LogP contribution is 2.32. The largest absolute Gasteiger partial charge is 0.138 e. The van der Waals surface area contributed by atoms with Gasteiger partial charge in [0.15, 0.2) is 0 Å². The van der Waals surface area contributed by atoms with Crippen LogP contribution in [0, 0.1) is 13.8 Å². The van der Waals surface area contributed by atoms with Gasteiger partial charge in [-0.15, -0.1) is 0 Å². The average molecular weight is 269 g/mol. The first-order valence-corrected chi connectivity index (χ1v) is 8.29. The molecule has 21 heavy (non-hydrogen) atoms. The van der Waals surface area contributed by atoms with Crippen molar-refractivity contribution in [2.75, 3.05) is 0 Å². The molecule has 0 fully saturated rings. The van der Waals surface area contributed by atoms with Crippen LogP contribution in [0.1, 0.15) is 37.0 Å². The van der Waals surface area contributed by atoms with Crippen molar-refractivity contribution in [3.05, 3.63) is 33.9 Å². The van der Waals surface area contributed by atoms with Gasteiger partial charge in [0.25, 0.3) is 0 Å². The number of hydrogen-bond acceptors (Lipinski definition) is 0. The summed E-state index contributed by atoms with van der Waals surface area (Å²) in [6.45, 7) is 9.73. The Balaban J connectivity index is 2.75. The molecule has 0 saturated heterocycles. The minimum atomic E-state index is 0.576. The van der Waals surface area contributed by atoms with Crippen molar-refractivity contribution in [3.8, 4) is 0 Å². The molecule has 0 bridgehead atoms. The maximum absolute atomic E-state index is 2.41. The van der Waals surface area contributed by atoms with Gasteiger partial charge in [-0.25, -0.2) is 0 Å². The Labute approximate surface area is 135 Å². The summed E-state index contributed by atoms with van der Waals surface area (Å²) in [6, 6.07) is 0. The fourth-order valence-electron chi connectivity index (χ4n) is 3.93. The molecule has 0 radical (unpaired) electrons. The first kappa shape index (κ1) is 16.5. The molecule has 0 heterocycles. The number of allylic oxidation sites excluding steroid dienone is 4. The fraction of sp³-hybridized carbons (Fsp3) is 0.333. The second-order valence-electron chi connectivity index (χ2n) is 6.96. The summed E-state index contributed by atoms with van der Waals surface area (Å²) >= 11 is 0. The lowest BCUT2D eigenvalue weighted by molar-refractivity contribution is 1.22. The van der Waals surface area contributed by atoms with Gasteiger partial charge in [-0.05, 0) is 45.3 Å². The molecular formula is C15H24B6. The Morgan fingerprint density at radius 3 is 2.14 bits per heavy atom. The van der Waals surface area contributed by atoms with Crippen molar-refractivity contribution in [1.29, 1.82) is 0 Å². The molecule has 102 valence electrons. The normalized spacial score (nSPS) is 14.4. The van der Waals surface area contributed by atoms with E-state index in [-0.39, 0.29) is 0 Å². The molecule has 0 nitrogen and oxygen atoms in total. The number of rotatable bonds is 3. The van der Waals surface area contributed by atoms with Gasteiger partial charge < -0.3 is 0 Å². The minimum absolute atomic E-state index is 0.576.